The molecule has 0 aliphatic carbocycles. The molecule has 3 heteroatoms. The molecular formula is C24H24N2O. The van der Waals surface area contributed by atoms with Crippen molar-refractivity contribution in [2.45, 2.75) is 32.5 Å². The van der Waals surface area contributed by atoms with Crippen LogP contribution in [0.1, 0.15) is 51.4 Å². The molecule has 0 atom stereocenters. The van der Waals surface area contributed by atoms with Crippen LogP contribution in [0.25, 0.3) is 21.7 Å². The molecule has 0 fully saturated rings. The third kappa shape index (κ3) is 3.45. The molecule has 0 radical (unpaired) electrons. The van der Waals surface area contributed by atoms with Gasteiger partial charge in [0.1, 0.15) is 0 Å². The molecule has 1 amide bonds. The predicted octanol–water partition coefficient (Wildman–Crippen LogP) is 6.24. The number of anilines is 1. The summed E-state index contributed by atoms with van der Waals surface area (Å²) in [5.74, 6) is -0.631. The van der Waals surface area contributed by atoms with Gasteiger partial charge in [0.2, 0.25) is 0 Å². The van der Waals surface area contributed by atoms with E-state index in [1.54, 1.807) is 18.2 Å². The monoisotopic (exact) mass is 367 g/mol. The van der Waals surface area contributed by atoms with Crippen molar-refractivity contribution in [1.29, 1.82) is 0 Å². The minimum absolute atomic E-state index is 0.0346. The average molecular weight is 368 g/mol. The van der Waals surface area contributed by atoms with Crippen molar-refractivity contribution in [2.24, 2.45) is 0 Å². The molecule has 0 bridgehead atoms. The molecular weight excluding hydrogens is 332 g/mol. The number of hydrogen-bond acceptors (Lipinski definition) is 1. The van der Waals surface area contributed by atoms with E-state index in [2.05, 4.69) is 5.32 Å². The van der Waals surface area contributed by atoms with E-state index >= 15 is 0 Å². The lowest BCUT2D eigenvalue weighted by Crippen LogP contribution is -2.11. The van der Waals surface area contributed by atoms with E-state index in [0.717, 1.165) is 17.0 Å². The fraction of sp³-hybridized carbons (Fsp3) is 0.208. The summed E-state index contributed by atoms with van der Waals surface area (Å²) in [5, 5.41) is 4.68. The van der Waals surface area contributed by atoms with Gasteiger partial charge in [-0.15, -0.1) is 0 Å². The molecule has 1 aromatic heterocycles. The van der Waals surface area contributed by atoms with E-state index < -0.39 is 38.4 Å². The fourth-order valence-corrected chi connectivity index (χ4v) is 3.10. The molecule has 4 aromatic rings. The highest BCUT2D eigenvalue weighted by atomic mass is 16.1. The lowest BCUT2D eigenvalue weighted by molar-refractivity contribution is 0.102. The molecule has 136 valence electrons. The molecule has 4 rings (SSSR count). The number of fused-ring (bicyclic) bond motifs is 2. The molecule has 3 nitrogen and oxygen atoms in total. The number of amides is 1. The van der Waals surface area contributed by atoms with Crippen LogP contribution in [-0.4, -0.2) is 10.5 Å². The summed E-state index contributed by atoms with van der Waals surface area (Å²) in [6, 6.07) is 18.7. The van der Waals surface area contributed by atoms with Gasteiger partial charge in [0.15, 0.2) is 0 Å². The number of rotatable bonds is 6. The lowest BCUT2D eigenvalue weighted by Gasteiger charge is -2.08. The average Bonchev–Trinajstić information content (AvgIpc) is 3.24. The van der Waals surface area contributed by atoms with Crippen LogP contribution >= 0.6 is 0 Å². The minimum Gasteiger partial charge on any atom is -0.347 e. The van der Waals surface area contributed by atoms with Crippen LogP contribution in [0.3, 0.4) is 0 Å². The van der Waals surface area contributed by atoms with Gasteiger partial charge < -0.3 is 9.88 Å². The van der Waals surface area contributed by atoms with Crippen molar-refractivity contribution in [3.63, 3.8) is 0 Å². The largest absolute Gasteiger partial charge is 0.347 e. The smallest absolute Gasteiger partial charge is 0.257 e. The first-order valence-electron chi connectivity index (χ1n) is 13.8. The maximum atomic E-state index is 13.4. The van der Waals surface area contributed by atoms with Gasteiger partial charge in [-0.05, 0) is 23.9 Å². The van der Waals surface area contributed by atoms with Crippen LogP contribution in [0.4, 0.5) is 5.69 Å². The molecule has 3 aromatic carbocycles. The Hall–Kier alpha value is -3.07. The Labute approximate surface area is 175 Å². The van der Waals surface area contributed by atoms with Gasteiger partial charge in [-0.2, -0.15) is 0 Å². The van der Waals surface area contributed by atoms with Crippen molar-refractivity contribution in [2.75, 3.05) is 5.32 Å². The number of aromatic nitrogens is 1. The van der Waals surface area contributed by atoms with Crippen molar-refractivity contribution in [3.05, 3.63) is 78.5 Å². The molecule has 0 aliphatic heterocycles. The Morgan fingerprint density at radius 1 is 1.00 bits per heavy atom. The molecule has 0 saturated heterocycles. The van der Waals surface area contributed by atoms with Crippen molar-refractivity contribution < 1.29 is 19.9 Å². The highest BCUT2D eigenvalue weighted by Gasteiger charge is 2.15. The maximum Gasteiger partial charge on any atom is 0.257 e. The number of nitrogens with one attached hydrogen (secondary N) is 1. The number of benzene rings is 3. The van der Waals surface area contributed by atoms with E-state index in [0.29, 0.717) is 10.3 Å². The van der Waals surface area contributed by atoms with Crippen LogP contribution in [0, 0.1) is 0 Å². The second-order valence-electron chi connectivity index (χ2n) is 5.90. The quantitative estimate of drug-likeness (QED) is 0.430. The SMILES string of the molecule is [2H]C([2H])([2H])C([2H])([2H])C([2H])([2H])C([2H])([2H])C([2H])([2H])n1cc(C(=O)Nc2cccc3ccccc23)c2ccccc21. The first-order valence-corrected chi connectivity index (χ1v) is 8.35. The number of carbonyl (C=O) groups excluding carboxylic acids is 1. The predicted molar refractivity (Wildman–Crippen MR) is 113 cm³/mol. The number of hydrogen-bond donors (Lipinski definition) is 1. The van der Waals surface area contributed by atoms with Gasteiger partial charge in [-0.1, -0.05) is 74.2 Å². The summed E-state index contributed by atoms with van der Waals surface area (Å²) in [6.45, 7) is -6.91. The topological polar surface area (TPSA) is 34.0 Å². The molecule has 1 heterocycles. The summed E-state index contributed by atoms with van der Waals surface area (Å²) in [5.41, 5.74) is 0.493. The first-order chi connectivity index (χ1) is 17.4. The van der Waals surface area contributed by atoms with E-state index in [4.69, 9.17) is 15.1 Å². The van der Waals surface area contributed by atoms with Gasteiger partial charge in [-0.25, -0.2) is 0 Å². The van der Waals surface area contributed by atoms with Crippen molar-refractivity contribution in [3.8, 4) is 0 Å². The summed E-state index contributed by atoms with van der Waals surface area (Å²) in [7, 11) is 0. The molecule has 0 aliphatic rings. The molecule has 1 N–H and O–H groups in total. The van der Waals surface area contributed by atoms with Crippen molar-refractivity contribution in [1.82, 2.24) is 4.57 Å². The van der Waals surface area contributed by atoms with Crippen LogP contribution in [0.5, 0.6) is 0 Å². The summed E-state index contributed by atoms with van der Waals surface area (Å²) >= 11 is 0. The molecule has 0 saturated carbocycles. The van der Waals surface area contributed by atoms with Gasteiger partial charge >= 0.3 is 0 Å². The molecule has 27 heavy (non-hydrogen) atoms. The zero-order valence-electron chi connectivity index (χ0n) is 25.3. The van der Waals surface area contributed by atoms with E-state index in [1.807, 2.05) is 30.3 Å². The number of aryl methyl sites for hydroxylation is 1. The molecule has 0 spiro atoms. The third-order valence-electron chi connectivity index (χ3n) is 4.30. The second-order valence-corrected chi connectivity index (χ2v) is 5.90. The number of carbonyl (C=O) groups is 1. The van der Waals surface area contributed by atoms with Gasteiger partial charge in [0.25, 0.3) is 5.91 Å². The summed E-state index contributed by atoms with van der Waals surface area (Å²) in [4.78, 5) is 13.4. The zero-order valence-corrected chi connectivity index (χ0v) is 14.3. The van der Waals surface area contributed by atoms with Crippen LogP contribution in [0.2, 0.25) is 0 Å². The lowest BCUT2D eigenvalue weighted by atomic mass is 10.1. The highest BCUT2D eigenvalue weighted by molar-refractivity contribution is 6.15. The van der Waals surface area contributed by atoms with Crippen molar-refractivity contribution >= 4 is 33.3 Å². The Morgan fingerprint density at radius 2 is 1.78 bits per heavy atom. The third-order valence-corrected chi connectivity index (χ3v) is 4.30. The van der Waals surface area contributed by atoms with Gasteiger partial charge in [0.05, 0.1) is 5.56 Å². The standard InChI is InChI=1S/C24H24N2O/c1-2-3-8-16-26-17-21(20-13-6-7-15-23(20)26)24(27)25-22-14-9-11-18-10-4-5-12-19(18)22/h4-7,9-15,17H,2-3,8,16H2,1H3,(H,25,27)/i1D3,2D2,3D2,8D2,16D2. The Kier molecular flexibility index (Phi) is 2.48. The highest BCUT2D eigenvalue weighted by Crippen LogP contribution is 2.26. The Morgan fingerprint density at radius 3 is 2.67 bits per heavy atom. The van der Waals surface area contributed by atoms with E-state index in [9.17, 15) is 4.79 Å². The summed E-state index contributed by atoms with van der Waals surface area (Å²) in [6.07, 6.45) is -10.2. The Balaban J connectivity index is 1.83. The summed E-state index contributed by atoms with van der Waals surface area (Å²) < 4.78 is 88.9. The first kappa shape index (κ1) is 8.75. The van der Waals surface area contributed by atoms with Gasteiger partial charge in [-0.3, -0.25) is 4.79 Å². The van der Waals surface area contributed by atoms with E-state index in [-0.39, 0.29) is 16.5 Å². The van der Waals surface area contributed by atoms with Crippen LogP contribution in [0.15, 0.2) is 72.9 Å². The number of nitrogens with zero attached hydrogens (tertiary/aromatic N) is 1. The van der Waals surface area contributed by atoms with Crippen LogP contribution < -0.4 is 5.32 Å². The minimum atomic E-state index is -3.81. The number of para-hydroxylation sites is 1. The second kappa shape index (κ2) is 7.67. The van der Waals surface area contributed by atoms with E-state index in [1.165, 1.54) is 18.2 Å². The van der Waals surface area contributed by atoms with Gasteiger partial charge in [0, 0.05) is 49.7 Å². The van der Waals surface area contributed by atoms with Crippen LogP contribution in [-0.2, 0) is 6.50 Å². The molecule has 0 unspecified atom stereocenters. The zero-order chi connectivity index (χ0) is 28.3. The Bertz CT molecular complexity index is 1520. The maximum absolute atomic E-state index is 13.4. The normalized spacial score (nSPS) is 19.8. The fourth-order valence-electron chi connectivity index (χ4n) is 3.10.